The predicted octanol–water partition coefficient (Wildman–Crippen LogP) is 5.44. The van der Waals surface area contributed by atoms with E-state index in [1.807, 2.05) is 36.8 Å². The fourth-order valence-corrected chi connectivity index (χ4v) is 4.36. The Morgan fingerprint density at radius 1 is 1.07 bits per heavy atom. The molecule has 0 atom stereocenters. The van der Waals surface area contributed by atoms with Crippen LogP contribution in [0.25, 0.3) is 11.3 Å². The van der Waals surface area contributed by atoms with Crippen molar-refractivity contribution in [2.45, 2.75) is 19.5 Å². The second-order valence-corrected chi connectivity index (χ2v) is 7.84. The number of aromatic nitrogens is 4. The fourth-order valence-electron chi connectivity index (χ4n) is 2.91. The van der Waals surface area contributed by atoms with Gasteiger partial charge in [0.1, 0.15) is 0 Å². The van der Waals surface area contributed by atoms with E-state index in [0.717, 1.165) is 41.3 Å². The maximum Gasteiger partial charge on any atom is 0.190 e. The van der Waals surface area contributed by atoms with Crippen LogP contribution in [0.2, 0.25) is 10.0 Å². The third-order valence-electron chi connectivity index (χ3n) is 4.23. The fraction of sp³-hybridized carbons (Fsp3) is 0.150. The van der Waals surface area contributed by atoms with Crippen LogP contribution < -0.4 is 4.80 Å². The van der Waals surface area contributed by atoms with Gasteiger partial charge >= 0.3 is 0 Å². The first-order chi connectivity index (χ1) is 13.7. The molecule has 0 unspecified atom stereocenters. The van der Waals surface area contributed by atoms with Crippen LogP contribution in [0.3, 0.4) is 0 Å². The molecule has 3 aromatic heterocycles. The molecule has 0 saturated heterocycles. The van der Waals surface area contributed by atoms with Crippen LogP contribution in [0.15, 0.2) is 71.8 Å². The summed E-state index contributed by atoms with van der Waals surface area (Å²) < 4.78 is 4.27. The van der Waals surface area contributed by atoms with Crippen molar-refractivity contribution in [1.82, 2.24) is 19.1 Å². The zero-order valence-electron chi connectivity index (χ0n) is 14.9. The minimum atomic E-state index is 0.621. The SMILES string of the molecule is Clc1ccc(-c2csc(=Nc3cccnc3)n2CCCn2ccnc2)c(Cl)c1. The molecule has 8 heteroatoms. The predicted molar refractivity (Wildman–Crippen MR) is 114 cm³/mol. The maximum absolute atomic E-state index is 6.47. The van der Waals surface area contributed by atoms with Gasteiger partial charge in [0.25, 0.3) is 0 Å². The van der Waals surface area contributed by atoms with Crippen LogP contribution in [-0.4, -0.2) is 19.1 Å². The van der Waals surface area contributed by atoms with E-state index in [1.54, 1.807) is 36.0 Å². The Balaban J connectivity index is 1.72. The van der Waals surface area contributed by atoms with E-state index in [9.17, 15) is 0 Å². The topological polar surface area (TPSA) is 48.0 Å². The van der Waals surface area contributed by atoms with E-state index in [1.165, 1.54) is 0 Å². The summed E-state index contributed by atoms with van der Waals surface area (Å²) >= 11 is 14.1. The highest BCUT2D eigenvalue weighted by Crippen LogP contribution is 2.31. The molecule has 0 amide bonds. The quantitative estimate of drug-likeness (QED) is 0.409. The lowest BCUT2D eigenvalue weighted by Gasteiger charge is -2.11. The van der Waals surface area contributed by atoms with Gasteiger partial charge in [0.05, 0.1) is 28.9 Å². The molecule has 142 valence electrons. The van der Waals surface area contributed by atoms with Crippen LogP contribution in [-0.2, 0) is 13.1 Å². The summed E-state index contributed by atoms with van der Waals surface area (Å²) in [5.41, 5.74) is 2.79. The standard InChI is InChI=1S/C20H17Cl2N5S/c21-15-4-5-17(18(22)11-15)19-13-28-20(25-16-3-1-6-23-12-16)27(19)9-2-8-26-10-7-24-14-26/h1,3-7,10-14H,2,8-9H2. The smallest absolute Gasteiger partial charge is 0.190 e. The average Bonchev–Trinajstić information content (AvgIpc) is 3.34. The molecule has 0 fully saturated rings. The van der Waals surface area contributed by atoms with Gasteiger partial charge in [0, 0.05) is 47.6 Å². The normalized spacial score (nSPS) is 11.9. The first kappa shape index (κ1) is 18.9. The third-order valence-corrected chi connectivity index (χ3v) is 5.64. The number of hydrogen-bond acceptors (Lipinski definition) is 4. The highest BCUT2D eigenvalue weighted by Gasteiger charge is 2.12. The van der Waals surface area contributed by atoms with Gasteiger partial charge in [-0.25, -0.2) is 9.98 Å². The monoisotopic (exact) mass is 429 g/mol. The number of halogens is 2. The summed E-state index contributed by atoms with van der Waals surface area (Å²) in [4.78, 5) is 13.9. The van der Waals surface area contributed by atoms with Crippen molar-refractivity contribution in [3.63, 3.8) is 0 Å². The molecule has 28 heavy (non-hydrogen) atoms. The van der Waals surface area contributed by atoms with Crippen molar-refractivity contribution < 1.29 is 0 Å². The number of pyridine rings is 1. The van der Waals surface area contributed by atoms with Crippen molar-refractivity contribution in [3.8, 4) is 11.3 Å². The first-order valence-electron chi connectivity index (χ1n) is 8.75. The van der Waals surface area contributed by atoms with Crippen LogP contribution >= 0.6 is 34.5 Å². The summed E-state index contributed by atoms with van der Waals surface area (Å²) in [6.45, 7) is 1.68. The molecule has 3 heterocycles. The summed E-state index contributed by atoms with van der Waals surface area (Å²) in [5.74, 6) is 0. The zero-order chi connectivity index (χ0) is 19.3. The van der Waals surface area contributed by atoms with E-state index in [2.05, 4.69) is 24.5 Å². The zero-order valence-corrected chi connectivity index (χ0v) is 17.2. The van der Waals surface area contributed by atoms with Crippen molar-refractivity contribution in [2.75, 3.05) is 0 Å². The molecule has 0 aliphatic carbocycles. The summed E-state index contributed by atoms with van der Waals surface area (Å²) in [7, 11) is 0. The number of imidazole rings is 1. The maximum atomic E-state index is 6.47. The molecule has 0 radical (unpaired) electrons. The first-order valence-corrected chi connectivity index (χ1v) is 10.4. The lowest BCUT2D eigenvalue weighted by Crippen LogP contribution is -2.17. The van der Waals surface area contributed by atoms with Crippen LogP contribution in [0.4, 0.5) is 5.69 Å². The van der Waals surface area contributed by atoms with Crippen LogP contribution in [0.5, 0.6) is 0 Å². The third kappa shape index (κ3) is 4.35. The van der Waals surface area contributed by atoms with Gasteiger partial charge in [-0.15, -0.1) is 11.3 Å². The molecule has 0 bridgehead atoms. The van der Waals surface area contributed by atoms with Crippen LogP contribution in [0.1, 0.15) is 6.42 Å². The van der Waals surface area contributed by atoms with E-state index in [4.69, 9.17) is 28.2 Å². The Kier molecular flexibility index (Phi) is 5.90. The van der Waals surface area contributed by atoms with E-state index in [-0.39, 0.29) is 0 Å². The van der Waals surface area contributed by atoms with Crippen molar-refractivity contribution in [1.29, 1.82) is 0 Å². The largest absolute Gasteiger partial charge is 0.337 e. The van der Waals surface area contributed by atoms with E-state index in [0.29, 0.717) is 10.0 Å². The van der Waals surface area contributed by atoms with Gasteiger partial charge in [-0.05, 0) is 36.8 Å². The van der Waals surface area contributed by atoms with E-state index < -0.39 is 0 Å². The number of benzene rings is 1. The number of rotatable bonds is 6. The lowest BCUT2D eigenvalue weighted by molar-refractivity contribution is 0.559. The van der Waals surface area contributed by atoms with Crippen molar-refractivity contribution >= 4 is 40.2 Å². The number of hydrogen-bond donors (Lipinski definition) is 0. The molecular weight excluding hydrogens is 413 g/mol. The molecule has 0 N–H and O–H groups in total. The molecule has 1 aromatic carbocycles. The highest BCUT2D eigenvalue weighted by molar-refractivity contribution is 7.07. The summed E-state index contributed by atoms with van der Waals surface area (Å²) in [5, 5.41) is 3.33. The Morgan fingerprint density at radius 2 is 2.00 bits per heavy atom. The Morgan fingerprint density at radius 3 is 2.75 bits per heavy atom. The summed E-state index contributed by atoms with van der Waals surface area (Å²) in [6.07, 6.45) is 10.0. The Hall–Kier alpha value is -2.41. The second kappa shape index (κ2) is 8.73. The minimum Gasteiger partial charge on any atom is -0.337 e. The van der Waals surface area contributed by atoms with Gasteiger partial charge in [-0.1, -0.05) is 23.2 Å². The molecule has 0 aliphatic heterocycles. The van der Waals surface area contributed by atoms with Gasteiger partial charge < -0.3 is 9.13 Å². The van der Waals surface area contributed by atoms with Gasteiger partial charge in [-0.3, -0.25) is 4.98 Å². The number of aryl methyl sites for hydroxylation is 1. The molecule has 5 nitrogen and oxygen atoms in total. The van der Waals surface area contributed by atoms with Gasteiger partial charge in [0.2, 0.25) is 0 Å². The average molecular weight is 430 g/mol. The molecule has 0 aliphatic rings. The van der Waals surface area contributed by atoms with E-state index >= 15 is 0 Å². The molecule has 4 aromatic rings. The minimum absolute atomic E-state index is 0.621. The van der Waals surface area contributed by atoms with Gasteiger partial charge in [-0.2, -0.15) is 0 Å². The molecular formula is C20H17Cl2N5S. The second-order valence-electron chi connectivity index (χ2n) is 6.16. The van der Waals surface area contributed by atoms with Gasteiger partial charge in [0.15, 0.2) is 4.80 Å². The molecule has 0 spiro atoms. The summed E-state index contributed by atoms with van der Waals surface area (Å²) in [6, 6.07) is 9.40. The van der Waals surface area contributed by atoms with Crippen molar-refractivity contribution in [2.24, 2.45) is 4.99 Å². The molecule has 0 saturated carbocycles. The Labute approximate surface area is 176 Å². The highest BCUT2D eigenvalue weighted by atomic mass is 35.5. The lowest BCUT2D eigenvalue weighted by atomic mass is 10.1. The van der Waals surface area contributed by atoms with Crippen LogP contribution in [0, 0.1) is 0 Å². The van der Waals surface area contributed by atoms with Crippen molar-refractivity contribution in [3.05, 3.63) is 81.7 Å². The number of nitrogens with zero attached hydrogens (tertiary/aromatic N) is 5. The number of thiazole rings is 1. The molecule has 4 rings (SSSR count). The Bertz CT molecular complexity index is 1120.